The number of nitrogens with zero attached hydrogens (tertiary/aromatic N) is 2. The fraction of sp³-hybridized carbons (Fsp3) is 0.250. The first-order valence-corrected chi connectivity index (χ1v) is 11.3. The smallest absolute Gasteiger partial charge is 0.367 e. The van der Waals surface area contributed by atoms with Gasteiger partial charge in [0.1, 0.15) is 28.6 Å². The molecular formula is C24H28N4O12. The van der Waals surface area contributed by atoms with E-state index in [1.54, 1.807) is 0 Å². The van der Waals surface area contributed by atoms with Crippen LogP contribution in [-0.4, -0.2) is 85.4 Å². The van der Waals surface area contributed by atoms with E-state index in [0.717, 1.165) is 12.1 Å². The van der Waals surface area contributed by atoms with Crippen molar-refractivity contribution in [3.63, 3.8) is 0 Å². The Morgan fingerprint density at radius 3 is 1.55 bits per heavy atom. The summed E-state index contributed by atoms with van der Waals surface area (Å²) in [5, 5.41) is 48.0. The lowest BCUT2D eigenvalue weighted by Crippen LogP contribution is -2.32. The number of hydroxylamine groups is 4. The maximum Gasteiger partial charge on any atom is 0.367 e. The molecule has 2 aliphatic rings. The SMILES string of the molecule is CN.CNC(=O)c1cc(O)ccc1O.O=C(ON1C(=O)CCC1=O)c1cc(O)ccc1O.O=C1CCC(=O)N1O. The van der Waals surface area contributed by atoms with Gasteiger partial charge in [-0.05, 0) is 43.4 Å². The lowest BCUT2D eigenvalue weighted by molar-refractivity contribution is -0.173. The van der Waals surface area contributed by atoms with Crippen molar-refractivity contribution in [3.8, 4) is 23.0 Å². The molecule has 4 rings (SSSR count). The number of phenolic OH excluding ortho intramolecular Hbond substituents is 4. The first-order chi connectivity index (χ1) is 18.8. The largest absolute Gasteiger partial charge is 0.508 e. The Morgan fingerprint density at radius 2 is 1.15 bits per heavy atom. The van der Waals surface area contributed by atoms with Crippen LogP contribution in [-0.2, 0) is 24.0 Å². The van der Waals surface area contributed by atoms with Crippen LogP contribution in [0.3, 0.4) is 0 Å². The second kappa shape index (κ2) is 15.3. The molecule has 2 heterocycles. The minimum atomic E-state index is -1.09. The molecule has 0 unspecified atom stereocenters. The fourth-order valence-corrected chi connectivity index (χ4v) is 2.88. The molecule has 2 aromatic carbocycles. The summed E-state index contributed by atoms with van der Waals surface area (Å²) in [6, 6.07) is 7.02. The zero-order chi connectivity index (χ0) is 30.6. The Hall–Kier alpha value is -5.22. The van der Waals surface area contributed by atoms with Crippen LogP contribution in [0.25, 0.3) is 0 Å². The minimum absolute atomic E-state index is 0.0157. The monoisotopic (exact) mass is 564 g/mol. The summed E-state index contributed by atoms with van der Waals surface area (Å²) in [6.45, 7) is 0. The Balaban J connectivity index is 0.000000314. The van der Waals surface area contributed by atoms with E-state index in [1.165, 1.54) is 38.4 Å². The summed E-state index contributed by atoms with van der Waals surface area (Å²) in [4.78, 5) is 70.1. The third-order valence-electron chi connectivity index (χ3n) is 4.86. The van der Waals surface area contributed by atoms with Gasteiger partial charge >= 0.3 is 5.97 Å². The number of phenols is 4. The molecule has 2 aromatic rings. The van der Waals surface area contributed by atoms with Gasteiger partial charge in [0.05, 0.1) is 5.56 Å². The van der Waals surface area contributed by atoms with Gasteiger partial charge < -0.3 is 36.3 Å². The molecule has 2 saturated heterocycles. The number of carbonyl (C=O) groups is 6. The summed E-state index contributed by atoms with van der Waals surface area (Å²) in [5.41, 5.74) is 4.24. The van der Waals surface area contributed by atoms with Crippen LogP contribution >= 0.6 is 0 Å². The third kappa shape index (κ3) is 8.96. The van der Waals surface area contributed by atoms with Crippen LogP contribution in [0.5, 0.6) is 23.0 Å². The molecule has 40 heavy (non-hydrogen) atoms. The average molecular weight is 565 g/mol. The van der Waals surface area contributed by atoms with Crippen LogP contribution in [0.4, 0.5) is 0 Å². The van der Waals surface area contributed by atoms with Crippen molar-refractivity contribution in [1.82, 2.24) is 15.4 Å². The summed E-state index contributed by atoms with van der Waals surface area (Å²) in [5.74, 6) is -4.63. The first kappa shape index (κ1) is 32.8. The number of amides is 5. The molecule has 0 atom stereocenters. The molecule has 0 aliphatic carbocycles. The molecule has 2 fully saturated rings. The van der Waals surface area contributed by atoms with Gasteiger partial charge in [-0.3, -0.25) is 29.2 Å². The highest BCUT2D eigenvalue weighted by molar-refractivity contribution is 6.03. The number of aromatic hydroxyl groups is 4. The van der Waals surface area contributed by atoms with E-state index in [9.17, 15) is 39.0 Å². The number of hydrogen-bond donors (Lipinski definition) is 7. The number of nitrogens with two attached hydrogens (primary N) is 1. The lowest BCUT2D eigenvalue weighted by Gasteiger charge is -2.13. The predicted octanol–water partition coefficient (Wildman–Crippen LogP) is -0.125. The molecule has 16 nitrogen and oxygen atoms in total. The molecule has 0 radical (unpaired) electrons. The number of nitrogens with one attached hydrogen (secondary N) is 1. The first-order valence-electron chi connectivity index (χ1n) is 11.3. The van der Waals surface area contributed by atoms with Crippen LogP contribution in [0.15, 0.2) is 36.4 Å². The van der Waals surface area contributed by atoms with Gasteiger partial charge in [0.2, 0.25) is 0 Å². The lowest BCUT2D eigenvalue weighted by atomic mass is 10.2. The number of carbonyl (C=O) groups excluding carboxylic acids is 6. The van der Waals surface area contributed by atoms with Gasteiger partial charge in [0.15, 0.2) is 0 Å². The van der Waals surface area contributed by atoms with Crippen molar-refractivity contribution in [3.05, 3.63) is 47.5 Å². The molecule has 0 spiro atoms. The van der Waals surface area contributed by atoms with Crippen molar-refractivity contribution in [2.45, 2.75) is 25.7 Å². The van der Waals surface area contributed by atoms with E-state index in [0.29, 0.717) is 5.06 Å². The zero-order valence-corrected chi connectivity index (χ0v) is 21.4. The number of benzene rings is 2. The molecule has 16 heteroatoms. The second-order valence-corrected chi connectivity index (χ2v) is 7.54. The van der Waals surface area contributed by atoms with E-state index in [2.05, 4.69) is 15.9 Å². The predicted molar refractivity (Wildman–Crippen MR) is 132 cm³/mol. The van der Waals surface area contributed by atoms with Gasteiger partial charge in [0, 0.05) is 32.7 Å². The summed E-state index contributed by atoms with van der Waals surface area (Å²) in [7, 11) is 2.95. The van der Waals surface area contributed by atoms with Gasteiger partial charge in [-0.2, -0.15) is 5.06 Å². The summed E-state index contributed by atoms with van der Waals surface area (Å²) < 4.78 is 0. The van der Waals surface area contributed by atoms with Crippen LogP contribution in [0.1, 0.15) is 46.4 Å². The van der Waals surface area contributed by atoms with Crippen molar-refractivity contribution in [2.24, 2.45) is 5.73 Å². The van der Waals surface area contributed by atoms with E-state index >= 15 is 0 Å². The molecule has 5 amide bonds. The summed E-state index contributed by atoms with van der Waals surface area (Å²) >= 11 is 0. The Morgan fingerprint density at radius 1 is 0.750 bits per heavy atom. The Labute approximate surface area is 226 Å². The molecule has 2 aliphatic heterocycles. The minimum Gasteiger partial charge on any atom is -0.508 e. The standard InChI is InChI=1S/C11H9NO6.C8H9NO3.C4H5NO3.CH5N/c13-6-1-2-8(14)7(5-6)11(17)18-12-9(15)3-4-10(12)16;1-9-8(12)6-4-5(10)2-3-7(6)11;6-3-1-2-4(7)5(3)8;1-2/h1-2,5,13-14H,3-4H2;2-4,10-11H,1H3,(H,9,12);8H,1-2H2;2H2,1H3. The molecule has 0 bridgehead atoms. The highest BCUT2D eigenvalue weighted by Crippen LogP contribution is 2.24. The van der Waals surface area contributed by atoms with E-state index in [1.807, 2.05) is 0 Å². The normalized spacial score (nSPS) is 13.8. The fourth-order valence-electron chi connectivity index (χ4n) is 2.88. The van der Waals surface area contributed by atoms with E-state index < -0.39 is 41.3 Å². The van der Waals surface area contributed by atoms with Crippen molar-refractivity contribution >= 4 is 35.5 Å². The van der Waals surface area contributed by atoms with Gasteiger partial charge in [-0.1, -0.05) is 0 Å². The van der Waals surface area contributed by atoms with Crippen LogP contribution < -0.4 is 11.1 Å². The topological polar surface area (TPSA) is 257 Å². The van der Waals surface area contributed by atoms with E-state index in [4.69, 9.17) is 15.4 Å². The van der Waals surface area contributed by atoms with E-state index in [-0.39, 0.29) is 59.1 Å². The van der Waals surface area contributed by atoms with Gasteiger partial charge in [0.25, 0.3) is 29.5 Å². The number of rotatable bonds is 3. The quantitative estimate of drug-likeness (QED) is 0.146. The number of imide groups is 2. The molecule has 216 valence electrons. The van der Waals surface area contributed by atoms with Crippen molar-refractivity contribution in [1.29, 1.82) is 0 Å². The van der Waals surface area contributed by atoms with Crippen LogP contribution in [0.2, 0.25) is 0 Å². The summed E-state index contributed by atoms with van der Waals surface area (Å²) in [6.07, 6.45) is 0.265. The zero-order valence-electron chi connectivity index (χ0n) is 21.4. The van der Waals surface area contributed by atoms with Gasteiger partial charge in [-0.15, -0.1) is 5.06 Å². The molecule has 0 aromatic heterocycles. The molecular weight excluding hydrogens is 536 g/mol. The van der Waals surface area contributed by atoms with Crippen molar-refractivity contribution < 1.29 is 59.2 Å². The highest BCUT2D eigenvalue weighted by atomic mass is 16.7. The third-order valence-corrected chi connectivity index (χ3v) is 4.86. The maximum atomic E-state index is 11.6. The molecule has 8 N–H and O–H groups in total. The maximum absolute atomic E-state index is 11.6. The molecule has 0 saturated carbocycles. The Kier molecular flexibility index (Phi) is 12.5. The highest BCUT2D eigenvalue weighted by Gasteiger charge is 2.33. The number of hydrogen-bond acceptors (Lipinski definition) is 13. The Bertz CT molecular complexity index is 1250. The second-order valence-electron chi connectivity index (χ2n) is 7.54. The average Bonchev–Trinajstić information content (AvgIpc) is 3.42. The van der Waals surface area contributed by atoms with Gasteiger partial charge in [-0.25, -0.2) is 4.79 Å². The van der Waals surface area contributed by atoms with Crippen LogP contribution in [0, 0.1) is 0 Å². The van der Waals surface area contributed by atoms with Crippen molar-refractivity contribution in [2.75, 3.05) is 14.1 Å².